The van der Waals surface area contributed by atoms with E-state index in [4.69, 9.17) is 8.85 Å². The quantitative estimate of drug-likeness (QED) is 0.604. The van der Waals surface area contributed by atoms with Gasteiger partial charge in [-0.05, 0) is 6.04 Å². The van der Waals surface area contributed by atoms with Crippen LogP contribution in [0.1, 0.15) is 6.92 Å². The summed E-state index contributed by atoms with van der Waals surface area (Å²) < 4.78 is 34.6. The van der Waals surface area contributed by atoms with Crippen LogP contribution in [0, 0.1) is 0 Å². The Kier molecular flexibility index (Phi) is 4.79. The molecule has 0 aromatic heterocycles. The molecule has 0 fully saturated rings. The van der Waals surface area contributed by atoms with E-state index in [1.807, 2.05) is 0 Å². The lowest BCUT2D eigenvalue weighted by molar-refractivity contribution is 0.179. The summed E-state index contributed by atoms with van der Waals surface area (Å²) in [6.07, 6.45) is 0. The molecule has 0 radical (unpaired) electrons. The average molecular weight is 184 g/mol. The van der Waals surface area contributed by atoms with Crippen LogP contribution in [0.25, 0.3) is 0 Å². The largest absolute Gasteiger partial charge is 0.396 e. The lowest BCUT2D eigenvalue weighted by Gasteiger charge is -2.27. The summed E-state index contributed by atoms with van der Waals surface area (Å²) in [6, 6.07) is 0.422. The third-order valence-electron chi connectivity index (χ3n) is 1.80. The molecular weight excluding hydrogens is 170 g/mol. The van der Waals surface area contributed by atoms with Crippen LogP contribution in [0.3, 0.4) is 0 Å². The summed E-state index contributed by atoms with van der Waals surface area (Å²) in [5.74, 6) is -1.58. The summed E-state index contributed by atoms with van der Waals surface area (Å²) in [5, 5.41) is 0. The molecule has 0 N–H and O–H groups in total. The Bertz CT molecular complexity index is 100. The topological polar surface area (TPSA) is 18.5 Å². The molecule has 0 spiro atoms. The highest BCUT2D eigenvalue weighted by molar-refractivity contribution is 6.68. The average Bonchev–Trinajstić information content (AvgIpc) is 2.08. The Balaban J connectivity index is 4.26. The molecule has 5 heteroatoms. The Hall–Kier alpha value is -0.00312. The third kappa shape index (κ3) is 2.21. The van der Waals surface area contributed by atoms with E-state index in [-0.39, 0.29) is 0 Å². The Morgan fingerprint density at radius 2 is 1.82 bits per heavy atom. The minimum atomic E-state index is -2.86. The highest BCUT2D eigenvalue weighted by Crippen LogP contribution is 2.19. The molecule has 0 saturated carbocycles. The van der Waals surface area contributed by atoms with E-state index in [1.165, 1.54) is 14.2 Å². The van der Waals surface area contributed by atoms with Crippen molar-refractivity contribution in [2.45, 2.75) is 18.8 Å². The van der Waals surface area contributed by atoms with Crippen molar-refractivity contribution in [2.24, 2.45) is 0 Å². The van der Waals surface area contributed by atoms with E-state index >= 15 is 0 Å². The van der Waals surface area contributed by atoms with Crippen molar-refractivity contribution in [1.29, 1.82) is 0 Å². The standard InChI is InChI=1S/C6H14F2O2Si/c1-4-11(9-2,10-3)6(8)5-7/h6H,4-5H2,1-3H3. The molecule has 0 rings (SSSR count). The van der Waals surface area contributed by atoms with Crippen molar-refractivity contribution in [1.82, 2.24) is 0 Å². The second-order valence-electron chi connectivity index (χ2n) is 2.20. The Labute approximate surface area is 66.7 Å². The van der Waals surface area contributed by atoms with Crippen LogP contribution < -0.4 is 0 Å². The van der Waals surface area contributed by atoms with Crippen molar-refractivity contribution < 1.29 is 17.6 Å². The van der Waals surface area contributed by atoms with Crippen molar-refractivity contribution in [3.63, 3.8) is 0 Å². The van der Waals surface area contributed by atoms with Gasteiger partial charge in [-0.1, -0.05) is 6.92 Å². The normalized spacial score (nSPS) is 15.0. The predicted molar refractivity (Wildman–Crippen MR) is 41.1 cm³/mol. The van der Waals surface area contributed by atoms with Gasteiger partial charge in [-0.25, -0.2) is 8.78 Å². The number of rotatable bonds is 5. The first-order valence-electron chi connectivity index (χ1n) is 3.47. The van der Waals surface area contributed by atoms with E-state index < -0.39 is 21.0 Å². The molecule has 0 bridgehead atoms. The fourth-order valence-electron chi connectivity index (χ4n) is 0.967. The molecule has 0 amide bonds. The van der Waals surface area contributed by atoms with Gasteiger partial charge in [0.2, 0.25) is 0 Å². The third-order valence-corrected chi connectivity index (χ3v) is 5.27. The number of hydrogen-bond donors (Lipinski definition) is 0. The molecular formula is C6H14F2O2Si. The van der Waals surface area contributed by atoms with Gasteiger partial charge < -0.3 is 8.85 Å². The van der Waals surface area contributed by atoms with E-state index in [9.17, 15) is 8.78 Å². The lowest BCUT2D eigenvalue weighted by atomic mass is 10.9. The summed E-state index contributed by atoms with van der Waals surface area (Å²) in [6.45, 7) is 0.712. The molecule has 0 saturated heterocycles. The van der Waals surface area contributed by atoms with Crippen molar-refractivity contribution >= 4 is 8.56 Å². The molecule has 2 nitrogen and oxygen atoms in total. The van der Waals surface area contributed by atoms with Gasteiger partial charge in [0.15, 0.2) is 5.79 Å². The van der Waals surface area contributed by atoms with Gasteiger partial charge in [0.1, 0.15) is 6.67 Å². The predicted octanol–water partition coefficient (Wildman–Crippen LogP) is 1.59. The minimum absolute atomic E-state index is 0.422. The van der Waals surface area contributed by atoms with E-state index in [0.717, 1.165) is 0 Å². The molecule has 1 atom stereocenters. The summed E-state index contributed by atoms with van der Waals surface area (Å²) in [5.41, 5.74) is 0. The van der Waals surface area contributed by atoms with Crippen LogP contribution in [-0.4, -0.2) is 35.3 Å². The number of halogens is 2. The molecule has 0 aliphatic heterocycles. The Morgan fingerprint density at radius 1 is 1.36 bits per heavy atom. The monoisotopic (exact) mass is 184 g/mol. The number of alkyl halides is 2. The first-order valence-corrected chi connectivity index (χ1v) is 5.57. The zero-order valence-corrected chi connectivity index (χ0v) is 8.06. The maximum atomic E-state index is 12.9. The minimum Gasteiger partial charge on any atom is -0.396 e. The molecule has 0 aliphatic rings. The smallest absolute Gasteiger partial charge is 0.375 e. The van der Waals surface area contributed by atoms with Crippen molar-refractivity contribution in [2.75, 3.05) is 20.9 Å². The molecule has 0 heterocycles. The summed E-state index contributed by atoms with van der Waals surface area (Å²) in [7, 11) is -0.137. The summed E-state index contributed by atoms with van der Waals surface area (Å²) >= 11 is 0. The van der Waals surface area contributed by atoms with Gasteiger partial charge in [-0.2, -0.15) is 0 Å². The maximum Gasteiger partial charge on any atom is 0.375 e. The van der Waals surface area contributed by atoms with E-state index in [0.29, 0.717) is 6.04 Å². The molecule has 1 unspecified atom stereocenters. The zero-order chi connectivity index (χ0) is 8.91. The van der Waals surface area contributed by atoms with Crippen LogP contribution in [0.5, 0.6) is 0 Å². The summed E-state index contributed by atoms with van der Waals surface area (Å²) in [4.78, 5) is 0. The Morgan fingerprint density at radius 3 is 1.91 bits per heavy atom. The van der Waals surface area contributed by atoms with Gasteiger partial charge in [-0.15, -0.1) is 0 Å². The maximum absolute atomic E-state index is 12.9. The second kappa shape index (κ2) is 4.79. The van der Waals surface area contributed by atoms with Gasteiger partial charge in [0.05, 0.1) is 0 Å². The van der Waals surface area contributed by atoms with Crippen molar-refractivity contribution in [3.8, 4) is 0 Å². The van der Waals surface area contributed by atoms with Gasteiger partial charge in [0, 0.05) is 14.2 Å². The highest BCUT2D eigenvalue weighted by atomic mass is 28.4. The lowest BCUT2D eigenvalue weighted by Crippen LogP contribution is -2.50. The highest BCUT2D eigenvalue weighted by Gasteiger charge is 2.43. The molecule has 68 valence electrons. The zero-order valence-electron chi connectivity index (χ0n) is 7.06. The fourth-order valence-corrected chi connectivity index (χ4v) is 2.90. The van der Waals surface area contributed by atoms with Crippen LogP contribution in [0.4, 0.5) is 8.78 Å². The van der Waals surface area contributed by atoms with Crippen LogP contribution >= 0.6 is 0 Å². The van der Waals surface area contributed by atoms with E-state index in [1.54, 1.807) is 6.92 Å². The molecule has 11 heavy (non-hydrogen) atoms. The SMILES string of the molecule is CC[Si](OC)(OC)C(F)CF. The van der Waals surface area contributed by atoms with Crippen molar-refractivity contribution in [3.05, 3.63) is 0 Å². The van der Waals surface area contributed by atoms with E-state index in [2.05, 4.69) is 0 Å². The molecule has 0 aromatic carbocycles. The molecule has 0 aliphatic carbocycles. The van der Waals surface area contributed by atoms with Crippen LogP contribution in [-0.2, 0) is 8.85 Å². The fraction of sp³-hybridized carbons (Fsp3) is 1.00. The van der Waals surface area contributed by atoms with Gasteiger partial charge in [0.25, 0.3) is 0 Å². The molecule has 0 aromatic rings. The van der Waals surface area contributed by atoms with Gasteiger partial charge >= 0.3 is 8.56 Å². The van der Waals surface area contributed by atoms with Gasteiger partial charge in [-0.3, -0.25) is 0 Å². The second-order valence-corrected chi connectivity index (χ2v) is 5.97. The number of hydrogen-bond acceptors (Lipinski definition) is 2. The first kappa shape index (κ1) is 11.0. The van der Waals surface area contributed by atoms with Crippen LogP contribution in [0.2, 0.25) is 6.04 Å². The first-order chi connectivity index (χ1) is 5.16. The van der Waals surface area contributed by atoms with Crippen LogP contribution in [0.15, 0.2) is 0 Å².